The van der Waals surface area contributed by atoms with Crippen LogP contribution in [0.3, 0.4) is 0 Å². The van der Waals surface area contributed by atoms with Crippen molar-refractivity contribution in [1.82, 2.24) is 9.55 Å². The lowest BCUT2D eigenvalue weighted by atomic mass is 10.1. The molecule has 0 saturated heterocycles. The smallest absolute Gasteiger partial charge is 0.269 e. The summed E-state index contributed by atoms with van der Waals surface area (Å²) in [5.41, 5.74) is 1.77. The molecule has 4 rings (SSSR count). The number of nitro benzene ring substituents is 1. The zero-order valence-electron chi connectivity index (χ0n) is 13.4. The van der Waals surface area contributed by atoms with Gasteiger partial charge in [-0.05, 0) is 24.3 Å². The summed E-state index contributed by atoms with van der Waals surface area (Å²) < 4.78 is 1.69. The monoisotopic (exact) mass is 351 g/mol. The van der Waals surface area contributed by atoms with E-state index in [4.69, 9.17) is 0 Å². The predicted octanol–water partition coefficient (Wildman–Crippen LogP) is 2.47. The summed E-state index contributed by atoms with van der Waals surface area (Å²) in [6, 6.07) is 12.0. The number of fused-ring (bicyclic) bond motifs is 3. The molecule has 2 N–H and O–H groups in total. The molecule has 1 aliphatic rings. The molecular weight excluding hydrogens is 338 g/mol. The quantitative estimate of drug-likeness (QED) is 0.555. The number of hydrogen-bond acceptors (Lipinski definition) is 5. The van der Waals surface area contributed by atoms with Crippen LogP contribution >= 0.6 is 0 Å². The highest BCUT2D eigenvalue weighted by Gasteiger charge is 2.32. The Hall–Kier alpha value is -3.75. The number of benzene rings is 2. The number of nitrogens with zero attached hydrogens (tertiary/aromatic N) is 3. The van der Waals surface area contributed by atoms with Gasteiger partial charge in [0.25, 0.3) is 5.69 Å². The van der Waals surface area contributed by atoms with Crippen LogP contribution in [-0.4, -0.2) is 26.3 Å². The third kappa shape index (κ3) is 2.65. The third-order valence-electron chi connectivity index (χ3n) is 4.19. The van der Waals surface area contributed by atoms with Crippen LogP contribution in [0.2, 0.25) is 0 Å². The van der Waals surface area contributed by atoms with Gasteiger partial charge in [-0.15, -0.1) is 0 Å². The fourth-order valence-corrected chi connectivity index (χ4v) is 2.99. The van der Waals surface area contributed by atoms with E-state index in [1.165, 1.54) is 24.3 Å². The van der Waals surface area contributed by atoms with Crippen LogP contribution in [-0.2, 0) is 9.59 Å². The molecule has 2 aromatic carbocycles. The zero-order valence-corrected chi connectivity index (χ0v) is 13.4. The number of anilines is 2. The van der Waals surface area contributed by atoms with Crippen LogP contribution in [0.4, 0.5) is 17.3 Å². The standard InChI is InChI=1S/C17H13N5O4/c23-15-9-14(16(24)18-10-5-7-11(8-6-10)22(25)26)21-13-4-2-1-3-12(13)19-17(21)20-15/h1-8,14H,9H2,(H,18,24)(H,19,20,23). The lowest BCUT2D eigenvalue weighted by Crippen LogP contribution is -2.35. The van der Waals surface area contributed by atoms with Gasteiger partial charge in [-0.2, -0.15) is 0 Å². The summed E-state index contributed by atoms with van der Waals surface area (Å²) in [4.78, 5) is 39.3. The average molecular weight is 351 g/mol. The van der Waals surface area contributed by atoms with E-state index in [9.17, 15) is 19.7 Å². The molecule has 1 aromatic heterocycles. The number of hydrogen-bond donors (Lipinski definition) is 2. The van der Waals surface area contributed by atoms with Crippen molar-refractivity contribution >= 4 is 40.2 Å². The predicted molar refractivity (Wildman–Crippen MR) is 93.7 cm³/mol. The summed E-state index contributed by atoms with van der Waals surface area (Å²) in [6.07, 6.45) is -0.0217. The van der Waals surface area contributed by atoms with Crippen molar-refractivity contribution in [1.29, 1.82) is 0 Å². The minimum Gasteiger partial charge on any atom is -0.324 e. The molecule has 3 aromatic rings. The van der Waals surface area contributed by atoms with Crippen molar-refractivity contribution in [2.75, 3.05) is 10.6 Å². The van der Waals surface area contributed by atoms with Crippen LogP contribution in [0, 0.1) is 10.1 Å². The van der Waals surface area contributed by atoms with Gasteiger partial charge in [-0.3, -0.25) is 29.6 Å². The second-order valence-corrected chi connectivity index (χ2v) is 5.86. The molecule has 9 nitrogen and oxygen atoms in total. The molecule has 1 aliphatic heterocycles. The van der Waals surface area contributed by atoms with Crippen LogP contribution in [0.5, 0.6) is 0 Å². The summed E-state index contributed by atoms with van der Waals surface area (Å²) >= 11 is 0. The fourth-order valence-electron chi connectivity index (χ4n) is 2.99. The molecule has 130 valence electrons. The molecule has 9 heteroatoms. The first kappa shape index (κ1) is 15.8. The first-order chi connectivity index (χ1) is 12.5. The number of rotatable bonds is 3. The van der Waals surface area contributed by atoms with Gasteiger partial charge in [0.1, 0.15) is 6.04 Å². The van der Waals surface area contributed by atoms with Crippen LogP contribution < -0.4 is 10.6 Å². The van der Waals surface area contributed by atoms with Gasteiger partial charge >= 0.3 is 0 Å². The van der Waals surface area contributed by atoms with Gasteiger partial charge < -0.3 is 5.32 Å². The van der Waals surface area contributed by atoms with E-state index in [2.05, 4.69) is 15.6 Å². The Balaban J connectivity index is 1.66. The summed E-state index contributed by atoms with van der Waals surface area (Å²) in [5.74, 6) is -0.360. The van der Waals surface area contributed by atoms with Crippen molar-refractivity contribution < 1.29 is 14.5 Å². The number of para-hydroxylation sites is 2. The van der Waals surface area contributed by atoms with E-state index in [1.807, 2.05) is 18.2 Å². The number of aromatic nitrogens is 2. The maximum absolute atomic E-state index is 12.8. The Labute approximate surface area is 146 Å². The van der Waals surface area contributed by atoms with E-state index >= 15 is 0 Å². The Morgan fingerprint density at radius 2 is 1.96 bits per heavy atom. The highest BCUT2D eigenvalue weighted by Crippen LogP contribution is 2.31. The van der Waals surface area contributed by atoms with Gasteiger partial charge in [-0.1, -0.05) is 12.1 Å². The largest absolute Gasteiger partial charge is 0.324 e. The summed E-state index contributed by atoms with van der Waals surface area (Å²) in [6.45, 7) is 0. The SMILES string of the molecule is O=C1CC(C(=O)Nc2ccc([N+](=O)[O-])cc2)n2c(nc3ccccc32)N1. The van der Waals surface area contributed by atoms with Crippen molar-refractivity contribution in [3.8, 4) is 0 Å². The Kier molecular flexibility index (Phi) is 3.61. The van der Waals surface area contributed by atoms with Crippen LogP contribution in [0.15, 0.2) is 48.5 Å². The van der Waals surface area contributed by atoms with Crippen LogP contribution in [0.25, 0.3) is 11.0 Å². The van der Waals surface area contributed by atoms with Crippen molar-refractivity contribution in [3.05, 3.63) is 58.6 Å². The number of nitrogens with one attached hydrogen (secondary N) is 2. The molecule has 0 radical (unpaired) electrons. The minimum absolute atomic E-state index is 0.0217. The Morgan fingerprint density at radius 1 is 1.23 bits per heavy atom. The van der Waals surface area contributed by atoms with Crippen molar-refractivity contribution in [2.45, 2.75) is 12.5 Å². The number of carbonyl (C=O) groups excluding carboxylic acids is 2. The molecule has 1 unspecified atom stereocenters. The number of imidazole rings is 1. The Bertz CT molecular complexity index is 1040. The van der Waals surface area contributed by atoms with E-state index < -0.39 is 16.9 Å². The van der Waals surface area contributed by atoms with Crippen molar-refractivity contribution in [2.24, 2.45) is 0 Å². The second-order valence-electron chi connectivity index (χ2n) is 5.86. The normalized spacial score (nSPS) is 16.0. The minimum atomic E-state index is -0.763. The van der Waals surface area contributed by atoms with Gasteiger partial charge in [-0.25, -0.2) is 4.98 Å². The lowest BCUT2D eigenvalue weighted by Gasteiger charge is -2.24. The van der Waals surface area contributed by atoms with E-state index in [-0.39, 0.29) is 18.0 Å². The van der Waals surface area contributed by atoms with Gasteiger partial charge in [0, 0.05) is 17.8 Å². The molecular formula is C17H13N5O4. The molecule has 2 heterocycles. The first-order valence-electron chi connectivity index (χ1n) is 7.85. The molecule has 26 heavy (non-hydrogen) atoms. The van der Waals surface area contributed by atoms with Crippen molar-refractivity contribution in [3.63, 3.8) is 0 Å². The van der Waals surface area contributed by atoms with Crippen LogP contribution in [0.1, 0.15) is 12.5 Å². The van der Waals surface area contributed by atoms with E-state index in [1.54, 1.807) is 10.6 Å². The average Bonchev–Trinajstić information content (AvgIpc) is 2.99. The Morgan fingerprint density at radius 3 is 2.69 bits per heavy atom. The zero-order chi connectivity index (χ0) is 18.3. The molecule has 0 bridgehead atoms. The highest BCUT2D eigenvalue weighted by molar-refractivity contribution is 6.03. The second kappa shape index (κ2) is 5.96. The number of nitro groups is 1. The number of amides is 2. The maximum Gasteiger partial charge on any atom is 0.269 e. The summed E-state index contributed by atoms with van der Waals surface area (Å²) in [7, 11) is 0. The fraction of sp³-hybridized carbons (Fsp3) is 0.118. The van der Waals surface area contributed by atoms with Gasteiger partial charge in [0.2, 0.25) is 17.8 Å². The van der Waals surface area contributed by atoms with Gasteiger partial charge in [0.15, 0.2) is 0 Å². The number of non-ortho nitro benzene ring substituents is 1. The highest BCUT2D eigenvalue weighted by atomic mass is 16.6. The topological polar surface area (TPSA) is 119 Å². The molecule has 0 fully saturated rings. The van der Waals surface area contributed by atoms with E-state index in [0.29, 0.717) is 17.2 Å². The molecule has 1 atom stereocenters. The molecule has 0 aliphatic carbocycles. The summed E-state index contributed by atoms with van der Waals surface area (Å²) in [5, 5.41) is 16.1. The molecule has 0 spiro atoms. The van der Waals surface area contributed by atoms with E-state index in [0.717, 1.165) is 5.52 Å². The maximum atomic E-state index is 12.8. The first-order valence-corrected chi connectivity index (χ1v) is 7.85. The molecule has 0 saturated carbocycles. The molecule has 2 amide bonds. The van der Waals surface area contributed by atoms with Gasteiger partial charge in [0.05, 0.1) is 22.4 Å². The third-order valence-corrected chi connectivity index (χ3v) is 4.19. The number of carbonyl (C=O) groups is 2. The lowest BCUT2D eigenvalue weighted by molar-refractivity contribution is -0.384.